The number of para-hydroxylation sites is 1. The molecule has 1 fully saturated rings. The lowest BCUT2D eigenvalue weighted by molar-refractivity contribution is 0.0459. The van der Waals surface area contributed by atoms with Gasteiger partial charge in [-0.25, -0.2) is 0 Å². The summed E-state index contributed by atoms with van der Waals surface area (Å²) in [6, 6.07) is 10.2. The molecule has 1 aliphatic rings. The van der Waals surface area contributed by atoms with E-state index in [1.165, 1.54) is 5.69 Å². The van der Waals surface area contributed by atoms with Crippen LogP contribution in [0.25, 0.3) is 10.9 Å². The second kappa shape index (κ2) is 6.41. The monoisotopic (exact) mass is 286 g/mol. The fraction of sp³-hybridized carbons (Fsp3) is 0.471. The first-order valence-corrected chi connectivity index (χ1v) is 7.68. The molecule has 2 aromatic rings. The lowest BCUT2D eigenvalue weighted by Crippen LogP contribution is -2.37. The molecule has 0 bridgehead atoms. The van der Waals surface area contributed by atoms with E-state index in [0.29, 0.717) is 6.10 Å². The number of aliphatic hydroxyl groups is 1. The Morgan fingerprint density at radius 2 is 2.05 bits per heavy atom. The number of hydrogen-bond acceptors (Lipinski definition) is 4. The van der Waals surface area contributed by atoms with Crippen molar-refractivity contribution < 1.29 is 9.84 Å². The number of pyridine rings is 1. The van der Waals surface area contributed by atoms with E-state index >= 15 is 0 Å². The molecule has 1 aliphatic heterocycles. The highest BCUT2D eigenvalue weighted by Gasteiger charge is 2.21. The third-order valence-corrected chi connectivity index (χ3v) is 4.09. The number of piperidine rings is 1. The maximum absolute atomic E-state index is 9.43. The standard InChI is InChI=1S/C17H22N2O2/c1-2-21-14-7-9-19(10-8-14)17-11-13(12-20)18-16-6-4-3-5-15(16)17/h3-6,11,14,20H,2,7-10,12H2,1H3. The van der Waals surface area contributed by atoms with Crippen molar-refractivity contribution in [3.63, 3.8) is 0 Å². The van der Waals surface area contributed by atoms with Gasteiger partial charge >= 0.3 is 0 Å². The fourth-order valence-electron chi connectivity index (χ4n) is 3.05. The molecule has 0 unspecified atom stereocenters. The van der Waals surface area contributed by atoms with Gasteiger partial charge in [0.15, 0.2) is 0 Å². The zero-order chi connectivity index (χ0) is 14.7. The van der Waals surface area contributed by atoms with Gasteiger partial charge < -0.3 is 14.7 Å². The Morgan fingerprint density at radius 3 is 2.76 bits per heavy atom. The van der Waals surface area contributed by atoms with Crippen LogP contribution in [-0.2, 0) is 11.3 Å². The molecule has 0 radical (unpaired) electrons. The number of nitrogens with zero attached hydrogens (tertiary/aromatic N) is 2. The molecule has 21 heavy (non-hydrogen) atoms. The van der Waals surface area contributed by atoms with Crippen molar-refractivity contribution >= 4 is 16.6 Å². The van der Waals surface area contributed by atoms with Gasteiger partial charge in [0.25, 0.3) is 0 Å². The van der Waals surface area contributed by atoms with E-state index < -0.39 is 0 Å². The molecule has 0 atom stereocenters. The van der Waals surface area contributed by atoms with Gasteiger partial charge in [-0.15, -0.1) is 0 Å². The average molecular weight is 286 g/mol. The zero-order valence-corrected chi connectivity index (χ0v) is 12.5. The second-order valence-electron chi connectivity index (χ2n) is 5.45. The topological polar surface area (TPSA) is 45.6 Å². The molecule has 1 aromatic heterocycles. The number of rotatable bonds is 4. The van der Waals surface area contributed by atoms with Crippen LogP contribution in [0.5, 0.6) is 0 Å². The molecule has 1 saturated heterocycles. The highest BCUT2D eigenvalue weighted by Crippen LogP contribution is 2.29. The van der Waals surface area contributed by atoms with E-state index in [2.05, 4.69) is 22.9 Å². The maximum Gasteiger partial charge on any atom is 0.0854 e. The first-order chi connectivity index (χ1) is 10.3. The molecule has 3 rings (SSSR count). The van der Waals surface area contributed by atoms with E-state index in [4.69, 9.17) is 4.74 Å². The maximum atomic E-state index is 9.43. The van der Waals surface area contributed by atoms with Crippen LogP contribution in [0.1, 0.15) is 25.5 Å². The summed E-state index contributed by atoms with van der Waals surface area (Å²) in [5, 5.41) is 10.6. The van der Waals surface area contributed by atoms with E-state index in [1.54, 1.807) is 0 Å². The lowest BCUT2D eigenvalue weighted by Gasteiger charge is -2.34. The fourth-order valence-corrected chi connectivity index (χ4v) is 3.05. The average Bonchev–Trinajstić information content (AvgIpc) is 2.55. The molecule has 0 saturated carbocycles. The number of anilines is 1. The highest BCUT2D eigenvalue weighted by molar-refractivity contribution is 5.92. The van der Waals surface area contributed by atoms with Gasteiger partial charge in [0.05, 0.1) is 23.9 Å². The van der Waals surface area contributed by atoms with Gasteiger partial charge in [-0.2, -0.15) is 0 Å². The van der Waals surface area contributed by atoms with E-state index in [0.717, 1.165) is 49.1 Å². The molecule has 1 N–H and O–H groups in total. The first kappa shape index (κ1) is 14.3. The van der Waals surface area contributed by atoms with E-state index in [9.17, 15) is 5.11 Å². The molecule has 2 heterocycles. The summed E-state index contributed by atoms with van der Waals surface area (Å²) < 4.78 is 5.72. The lowest BCUT2D eigenvalue weighted by atomic mass is 10.0. The normalized spacial score (nSPS) is 16.6. The number of aliphatic hydroxyl groups excluding tert-OH is 1. The smallest absolute Gasteiger partial charge is 0.0854 e. The zero-order valence-electron chi connectivity index (χ0n) is 12.5. The van der Waals surface area contributed by atoms with Gasteiger partial charge in [-0.3, -0.25) is 4.98 Å². The molecule has 4 heteroatoms. The minimum atomic E-state index is -0.0206. The van der Waals surface area contributed by atoms with Gasteiger partial charge in [0, 0.05) is 30.8 Å². The van der Waals surface area contributed by atoms with Crippen molar-refractivity contribution in [2.24, 2.45) is 0 Å². The summed E-state index contributed by atoms with van der Waals surface area (Å²) >= 11 is 0. The van der Waals surface area contributed by atoms with E-state index in [-0.39, 0.29) is 6.61 Å². The van der Waals surface area contributed by atoms with Crippen LogP contribution in [-0.4, -0.2) is 35.9 Å². The highest BCUT2D eigenvalue weighted by atomic mass is 16.5. The number of aromatic nitrogens is 1. The van der Waals surface area contributed by atoms with Crippen LogP contribution in [0.15, 0.2) is 30.3 Å². The van der Waals surface area contributed by atoms with Crippen molar-refractivity contribution in [1.82, 2.24) is 4.98 Å². The molecule has 1 aromatic carbocycles. The van der Waals surface area contributed by atoms with Crippen molar-refractivity contribution in [2.45, 2.75) is 32.5 Å². The SMILES string of the molecule is CCOC1CCN(c2cc(CO)nc3ccccc23)CC1. The van der Waals surface area contributed by atoms with Crippen LogP contribution in [0.4, 0.5) is 5.69 Å². The number of ether oxygens (including phenoxy) is 1. The molecule has 112 valence electrons. The quantitative estimate of drug-likeness (QED) is 0.938. The van der Waals surface area contributed by atoms with Gasteiger partial charge in [-0.05, 0) is 31.9 Å². The van der Waals surface area contributed by atoms with Gasteiger partial charge in [0.2, 0.25) is 0 Å². The summed E-state index contributed by atoms with van der Waals surface area (Å²) in [5.41, 5.74) is 2.86. The number of hydrogen-bond donors (Lipinski definition) is 1. The molecule has 0 amide bonds. The third kappa shape index (κ3) is 3.01. The van der Waals surface area contributed by atoms with Crippen molar-refractivity contribution in [2.75, 3.05) is 24.6 Å². The predicted octanol–water partition coefficient (Wildman–Crippen LogP) is 2.73. The Labute approximate surface area is 125 Å². The Bertz CT molecular complexity index is 607. The predicted molar refractivity (Wildman–Crippen MR) is 84.5 cm³/mol. The molecule has 0 aliphatic carbocycles. The molecular weight excluding hydrogens is 264 g/mol. The van der Waals surface area contributed by atoms with Crippen LogP contribution in [0.2, 0.25) is 0 Å². The molecule has 4 nitrogen and oxygen atoms in total. The summed E-state index contributed by atoms with van der Waals surface area (Å²) in [5.74, 6) is 0. The summed E-state index contributed by atoms with van der Waals surface area (Å²) in [6.07, 6.45) is 2.49. The minimum absolute atomic E-state index is 0.0206. The van der Waals surface area contributed by atoms with Crippen molar-refractivity contribution in [1.29, 1.82) is 0 Å². The Morgan fingerprint density at radius 1 is 1.29 bits per heavy atom. The summed E-state index contributed by atoms with van der Waals surface area (Å²) in [4.78, 5) is 6.88. The van der Waals surface area contributed by atoms with Crippen molar-refractivity contribution in [3.8, 4) is 0 Å². The second-order valence-corrected chi connectivity index (χ2v) is 5.45. The van der Waals surface area contributed by atoms with Gasteiger partial charge in [-0.1, -0.05) is 18.2 Å². The van der Waals surface area contributed by atoms with Crippen LogP contribution in [0, 0.1) is 0 Å². The Hall–Kier alpha value is -1.65. The molecule has 0 spiro atoms. The van der Waals surface area contributed by atoms with E-state index in [1.807, 2.05) is 24.3 Å². The molecular formula is C17H22N2O2. The Kier molecular flexibility index (Phi) is 4.36. The third-order valence-electron chi connectivity index (χ3n) is 4.09. The number of benzene rings is 1. The first-order valence-electron chi connectivity index (χ1n) is 7.68. The summed E-state index contributed by atoms with van der Waals surface area (Å²) in [7, 11) is 0. The van der Waals surface area contributed by atoms with Crippen LogP contribution >= 0.6 is 0 Å². The summed E-state index contributed by atoms with van der Waals surface area (Å²) in [6.45, 7) is 4.80. The van der Waals surface area contributed by atoms with Crippen molar-refractivity contribution in [3.05, 3.63) is 36.0 Å². The van der Waals surface area contributed by atoms with Crippen LogP contribution < -0.4 is 4.90 Å². The Balaban J connectivity index is 1.89. The minimum Gasteiger partial charge on any atom is -0.390 e. The number of fused-ring (bicyclic) bond motifs is 1. The largest absolute Gasteiger partial charge is 0.390 e. The van der Waals surface area contributed by atoms with Gasteiger partial charge in [0.1, 0.15) is 0 Å². The van der Waals surface area contributed by atoms with Crippen LogP contribution in [0.3, 0.4) is 0 Å².